The fraction of sp³-hybridized carbons (Fsp3) is 0.125. The SMILES string of the molecule is CC=CC=C/C=C\C(=O)O. The fourth-order valence-electron chi connectivity index (χ4n) is 0.377. The number of carboxylic acid groups (broad SMARTS) is 1. The smallest absolute Gasteiger partial charge is 0.328 e. The lowest BCUT2D eigenvalue weighted by molar-refractivity contribution is -0.131. The van der Waals surface area contributed by atoms with Crippen molar-refractivity contribution in [3.63, 3.8) is 0 Å². The molecule has 0 bridgehead atoms. The summed E-state index contributed by atoms with van der Waals surface area (Å²) in [6, 6.07) is 0. The monoisotopic (exact) mass is 138 g/mol. The Morgan fingerprint density at radius 3 is 2.30 bits per heavy atom. The van der Waals surface area contributed by atoms with Crippen molar-refractivity contribution in [2.24, 2.45) is 0 Å². The van der Waals surface area contributed by atoms with Crippen LogP contribution in [-0.2, 0) is 4.79 Å². The van der Waals surface area contributed by atoms with Crippen molar-refractivity contribution in [2.45, 2.75) is 6.92 Å². The van der Waals surface area contributed by atoms with Gasteiger partial charge in [-0.1, -0.05) is 30.4 Å². The van der Waals surface area contributed by atoms with E-state index in [4.69, 9.17) is 5.11 Å². The van der Waals surface area contributed by atoms with Gasteiger partial charge in [-0.25, -0.2) is 4.79 Å². The van der Waals surface area contributed by atoms with E-state index in [0.29, 0.717) is 0 Å². The molecule has 0 radical (unpaired) electrons. The molecule has 0 amide bonds. The van der Waals surface area contributed by atoms with E-state index in [1.807, 2.05) is 19.1 Å². The Kier molecular flexibility index (Phi) is 5.06. The first-order valence-electron chi connectivity index (χ1n) is 2.96. The molecule has 0 fully saturated rings. The van der Waals surface area contributed by atoms with Crippen molar-refractivity contribution in [2.75, 3.05) is 0 Å². The van der Waals surface area contributed by atoms with Crippen LogP contribution in [0, 0.1) is 0 Å². The highest BCUT2D eigenvalue weighted by atomic mass is 16.4. The molecule has 0 aromatic carbocycles. The predicted octanol–water partition coefficient (Wildman–Crippen LogP) is 1.76. The van der Waals surface area contributed by atoms with Gasteiger partial charge < -0.3 is 5.11 Å². The second kappa shape index (κ2) is 5.82. The van der Waals surface area contributed by atoms with E-state index < -0.39 is 5.97 Å². The predicted molar refractivity (Wildman–Crippen MR) is 40.7 cm³/mol. The summed E-state index contributed by atoms with van der Waals surface area (Å²) in [4.78, 5) is 9.89. The summed E-state index contributed by atoms with van der Waals surface area (Å²) in [7, 11) is 0. The summed E-state index contributed by atoms with van der Waals surface area (Å²) in [5, 5.41) is 8.13. The van der Waals surface area contributed by atoms with Crippen LogP contribution in [0.2, 0.25) is 0 Å². The molecule has 0 saturated carbocycles. The second-order valence-corrected chi connectivity index (χ2v) is 1.61. The molecule has 54 valence electrons. The molecule has 10 heavy (non-hydrogen) atoms. The highest BCUT2D eigenvalue weighted by Gasteiger charge is 1.78. The van der Waals surface area contributed by atoms with Crippen molar-refractivity contribution < 1.29 is 9.90 Å². The van der Waals surface area contributed by atoms with Crippen molar-refractivity contribution in [3.05, 3.63) is 36.5 Å². The number of carboxylic acids is 1. The third-order valence-corrected chi connectivity index (χ3v) is 0.765. The maximum absolute atomic E-state index is 9.89. The van der Waals surface area contributed by atoms with Crippen molar-refractivity contribution in [3.8, 4) is 0 Å². The lowest BCUT2D eigenvalue weighted by Crippen LogP contribution is -1.84. The number of hydrogen-bond acceptors (Lipinski definition) is 1. The van der Waals surface area contributed by atoms with Crippen LogP contribution in [0.3, 0.4) is 0 Å². The van der Waals surface area contributed by atoms with Crippen LogP contribution >= 0.6 is 0 Å². The Morgan fingerprint density at radius 1 is 1.20 bits per heavy atom. The zero-order chi connectivity index (χ0) is 7.82. The average Bonchev–Trinajstić information content (AvgIpc) is 1.87. The van der Waals surface area contributed by atoms with Gasteiger partial charge in [-0.3, -0.25) is 0 Å². The fourth-order valence-corrected chi connectivity index (χ4v) is 0.377. The summed E-state index contributed by atoms with van der Waals surface area (Å²) in [6.45, 7) is 1.89. The zero-order valence-electron chi connectivity index (χ0n) is 5.82. The molecule has 0 saturated heterocycles. The van der Waals surface area contributed by atoms with Crippen molar-refractivity contribution in [1.29, 1.82) is 0 Å². The Hall–Kier alpha value is -1.31. The van der Waals surface area contributed by atoms with Crippen LogP contribution in [0.15, 0.2) is 36.5 Å². The van der Waals surface area contributed by atoms with E-state index in [2.05, 4.69) is 0 Å². The largest absolute Gasteiger partial charge is 0.478 e. The summed E-state index contributed by atoms with van der Waals surface area (Å²) in [6.07, 6.45) is 9.67. The van der Waals surface area contributed by atoms with Gasteiger partial charge in [0.15, 0.2) is 0 Å². The van der Waals surface area contributed by atoms with E-state index >= 15 is 0 Å². The first-order chi connectivity index (χ1) is 4.77. The first-order valence-corrected chi connectivity index (χ1v) is 2.96. The normalized spacial score (nSPS) is 12.1. The van der Waals surface area contributed by atoms with Gasteiger partial charge in [0.05, 0.1) is 0 Å². The Bertz CT molecular complexity index is 176. The molecule has 1 N–H and O–H groups in total. The molecule has 0 aliphatic heterocycles. The van der Waals surface area contributed by atoms with E-state index in [0.717, 1.165) is 6.08 Å². The van der Waals surface area contributed by atoms with Gasteiger partial charge >= 0.3 is 5.97 Å². The van der Waals surface area contributed by atoms with Crippen LogP contribution < -0.4 is 0 Å². The third kappa shape index (κ3) is 6.69. The lowest BCUT2D eigenvalue weighted by Gasteiger charge is -1.73. The highest BCUT2D eigenvalue weighted by Crippen LogP contribution is 1.79. The van der Waals surface area contributed by atoms with E-state index in [1.165, 1.54) is 6.08 Å². The van der Waals surface area contributed by atoms with Crippen molar-refractivity contribution >= 4 is 5.97 Å². The number of carbonyl (C=O) groups is 1. The van der Waals surface area contributed by atoms with Gasteiger partial charge in [0, 0.05) is 6.08 Å². The Labute approximate surface area is 60.2 Å². The zero-order valence-corrected chi connectivity index (χ0v) is 5.82. The molecule has 0 spiro atoms. The molecule has 0 aliphatic carbocycles. The van der Waals surface area contributed by atoms with Crippen LogP contribution in [0.1, 0.15) is 6.92 Å². The molecule has 0 heterocycles. The van der Waals surface area contributed by atoms with E-state index in [9.17, 15) is 4.79 Å². The molecule has 0 aliphatic rings. The molecule has 2 heteroatoms. The minimum Gasteiger partial charge on any atom is -0.478 e. The standard InChI is InChI=1S/C8H10O2/c1-2-3-4-5-6-7-8(9)10/h2-7H,1H3,(H,9,10)/b3-2?,5-4?,7-6-. The first kappa shape index (κ1) is 8.69. The summed E-state index contributed by atoms with van der Waals surface area (Å²) < 4.78 is 0. The second-order valence-electron chi connectivity index (χ2n) is 1.61. The maximum atomic E-state index is 9.89. The number of allylic oxidation sites excluding steroid dienone is 5. The van der Waals surface area contributed by atoms with E-state index in [1.54, 1.807) is 12.2 Å². The topological polar surface area (TPSA) is 37.3 Å². The quantitative estimate of drug-likeness (QED) is 0.476. The molecule has 0 unspecified atom stereocenters. The van der Waals surface area contributed by atoms with Crippen LogP contribution in [0.4, 0.5) is 0 Å². The highest BCUT2D eigenvalue weighted by molar-refractivity contribution is 5.80. The van der Waals surface area contributed by atoms with Crippen molar-refractivity contribution in [1.82, 2.24) is 0 Å². The van der Waals surface area contributed by atoms with Gasteiger partial charge in [-0.15, -0.1) is 0 Å². The van der Waals surface area contributed by atoms with Gasteiger partial charge in [0.2, 0.25) is 0 Å². The Balaban J connectivity index is 3.62. The van der Waals surface area contributed by atoms with E-state index in [-0.39, 0.29) is 0 Å². The summed E-state index contributed by atoms with van der Waals surface area (Å²) in [5.74, 6) is -0.926. The van der Waals surface area contributed by atoms with Crippen LogP contribution in [-0.4, -0.2) is 11.1 Å². The minimum atomic E-state index is -0.926. The Morgan fingerprint density at radius 2 is 1.80 bits per heavy atom. The van der Waals surface area contributed by atoms with Crippen LogP contribution in [0.5, 0.6) is 0 Å². The average molecular weight is 138 g/mol. The minimum absolute atomic E-state index is 0.926. The molecule has 0 atom stereocenters. The van der Waals surface area contributed by atoms with Gasteiger partial charge in [0.25, 0.3) is 0 Å². The number of hydrogen-bond donors (Lipinski definition) is 1. The van der Waals surface area contributed by atoms with Crippen LogP contribution in [0.25, 0.3) is 0 Å². The molecule has 2 nitrogen and oxygen atoms in total. The number of aliphatic carboxylic acids is 1. The molecule has 0 aromatic rings. The maximum Gasteiger partial charge on any atom is 0.328 e. The van der Waals surface area contributed by atoms with Gasteiger partial charge in [0.1, 0.15) is 0 Å². The third-order valence-electron chi connectivity index (χ3n) is 0.765. The summed E-state index contributed by atoms with van der Waals surface area (Å²) >= 11 is 0. The molecule has 0 rings (SSSR count). The van der Waals surface area contributed by atoms with Gasteiger partial charge in [-0.05, 0) is 6.92 Å². The lowest BCUT2D eigenvalue weighted by atomic mass is 10.4. The molecular weight excluding hydrogens is 128 g/mol. The summed E-state index contributed by atoms with van der Waals surface area (Å²) in [5.41, 5.74) is 0. The van der Waals surface area contributed by atoms with Gasteiger partial charge in [-0.2, -0.15) is 0 Å². The molecular formula is C8H10O2. The molecule has 0 aromatic heterocycles. The number of rotatable bonds is 3.